The molecule has 1 aliphatic rings. The van der Waals surface area contributed by atoms with Gasteiger partial charge in [0.1, 0.15) is 11.6 Å². The number of pyridine rings is 1. The number of halogens is 1. The molecule has 0 aliphatic carbocycles. The van der Waals surface area contributed by atoms with Crippen LogP contribution in [0.3, 0.4) is 0 Å². The van der Waals surface area contributed by atoms with Gasteiger partial charge in [0.05, 0.1) is 24.4 Å². The molecule has 1 aromatic carbocycles. The Morgan fingerprint density at radius 1 is 1.43 bits per heavy atom. The number of hydrogen-bond donors (Lipinski definition) is 0. The lowest BCUT2D eigenvalue weighted by atomic mass is 10.1. The van der Waals surface area contributed by atoms with Crippen molar-refractivity contribution >= 4 is 23.5 Å². The summed E-state index contributed by atoms with van der Waals surface area (Å²) in [4.78, 5) is 23.7. The topological polar surface area (TPSA) is 64.6 Å². The van der Waals surface area contributed by atoms with Gasteiger partial charge in [-0.25, -0.2) is 14.2 Å². The highest BCUT2D eigenvalue weighted by Crippen LogP contribution is 2.28. The Bertz CT molecular complexity index is 1000. The number of carbonyl (C=O) groups is 1. The molecule has 1 amide bonds. The summed E-state index contributed by atoms with van der Waals surface area (Å²) in [6.07, 6.45) is 4.30. The molecule has 1 aliphatic heterocycles. The third-order valence-electron chi connectivity index (χ3n) is 4.58. The number of amides is 1. The van der Waals surface area contributed by atoms with Gasteiger partial charge in [0.2, 0.25) is 11.6 Å². The quantitative estimate of drug-likeness (QED) is 0.609. The monoisotopic (exact) mass is 375 g/mol. The number of carbonyl (C=O) groups excluding carboxylic acids is 1. The van der Waals surface area contributed by atoms with E-state index in [1.165, 1.54) is 12.1 Å². The van der Waals surface area contributed by atoms with E-state index < -0.39 is 5.82 Å². The number of nitriles is 1. The summed E-state index contributed by atoms with van der Waals surface area (Å²) in [5.41, 5.74) is 1.50. The van der Waals surface area contributed by atoms with Crippen LogP contribution in [0.2, 0.25) is 0 Å². The maximum absolute atomic E-state index is 13.3. The number of hydrogen-bond acceptors (Lipinski definition) is 4. The molecule has 7 heteroatoms. The van der Waals surface area contributed by atoms with Crippen LogP contribution in [0, 0.1) is 23.7 Å². The van der Waals surface area contributed by atoms with Crippen molar-refractivity contribution in [3.05, 3.63) is 71.0 Å². The van der Waals surface area contributed by atoms with Crippen LogP contribution in [0.5, 0.6) is 0 Å². The number of benzene rings is 1. The summed E-state index contributed by atoms with van der Waals surface area (Å²) in [6.45, 7) is 10.6. The average molecular weight is 375 g/mol. The molecule has 2 aromatic rings. The van der Waals surface area contributed by atoms with E-state index in [9.17, 15) is 9.18 Å². The van der Waals surface area contributed by atoms with Crippen molar-refractivity contribution in [1.82, 2.24) is 9.88 Å². The van der Waals surface area contributed by atoms with Crippen molar-refractivity contribution in [2.24, 2.45) is 0 Å². The fourth-order valence-corrected chi connectivity index (χ4v) is 3.20. The van der Waals surface area contributed by atoms with Gasteiger partial charge in [-0.3, -0.25) is 4.79 Å². The van der Waals surface area contributed by atoms with Crippen LogP contribution in [0.4, 0.5) is 15.9 Å². The first-order chi connectivity index (χ1) is 13.5. The van der Waals surface area contributed by atoms with Gasteiger partial charge in [0, 0.05) is 31.8 Å². The van der Waals surface area contributed by atoms with Crippen LogP contribution >= 0.6 is 0 Å². The van der Waals surface area contributed by atoms with Crippen LogP contribution in [0.15, 0.2) is 42.6 Å². The Balaban J connectivity index is 1.68. The van der Waals surface area contributed by atoms with Gasteiger partial charge in [-0.1, -0.05) is 12.1 Å². The van der Waals surface area contributed by atoms with Crippen molar-refractivity contribution in [2.75, 3.05) is 24.5 Å². The van der Waals surface area contributed by atoms with Crippen LogP contribution in [-0.2, 0) is 4.79 Å². The minimum atomic E-state index is -0.540. The standard InChI is InChI=1S/C21H18FN5O/c1-15-14-26(21-19(24-2)11-18(22)13-25-21)8-9-27(15)20(28)7-6-16-4-3-5-17(10-16)12-23/h3-7,10-11,13,15H,8-9,14H2,1H3/t15-/m1/s1. The van der Waals surface area contributed by atoms with E-state index >= 15 is 0 Å². The highest BCUT2D eigenvalue weighted by atomic mass is 19.1. The molecule has 0 unspecified atom stereocenters. The van der Waals surface area contributed by atoms with E-state index in [0.717, 1.165) is 11.8 Å². The molecule has 0 saturated carbocycles. The van der Waals surface area contributed by atoms with Crippen LogP contribution < -0.4 is 4.90 Å². The van der Waals surface area contributed by atoms with Crippen LogP contribution in [0.1, 0.15) is 18.1 Å². The Morgan fingerprint density at radius 3 is 2.96 bits per heavy atom. The third-order valence-corrected chi connectivity index (χ3v) is 4.58. The minimum Gasteiger partial charge on any atom is -0.361 e. The molecule has 0 spiro atoms. The predicted molar refractivity (Wildman–Crippen MR) is 104 cm³/mol. The van der Waals surface area contributed by atoms with Crippen LogP contribution in [0.25, 0.3) is 10.9 Å². The highest BCUT2D eigenvalue weighted by Gasteiger charge is 2.28. The Kier molecular flexibility index (Phi) is 5.67. The number of piperazine rings is 1. The first-order valence-electron chi connectivity index (χ1n) is 8.78. The minimum absolute atomic E-state index is 0.0956. The normalized spacial score (nSPS) is 16.6. The van der Waals surface area contributed by atoms with Gasteiger partial charge >= 0.3 is 0 Å². The molecule has 140 valence electrons. The maximum atomic E-state index is 13.3. The summed E-state index contributed by atoms with van der Waals surface area (Å²) in [6, 6.07) is 10.2. The molecule has 1 fully saturated rings. The fourth-order valence-electron chi connectivity index (χ4n) is 3.20. The lowest BCUT2D eigenvalue weighted by molar-refractivity contribution is -0.128. The summed E-state index contributed by atoms with van der Waals surface area (Å²) in [5, 5.41) is 8.95. The molecule has 0 bridgehead atoms. The molecule has 2 heterocycles. The number of nitrogens with zero attached hydrogens (tertiary/aromatic N) is 5. The average Bonchev–Trinajstić information content (AvgIpc) is 2.72. The number of anilines is 1. The van der Waals surface area contributed by atoms with E-state index in [-0.39, 0.29) is 17.6 Å². The first kappa shape index (κ1) is 19.1. The van der Waals surface area contributed by atoms with Gasteiger partial charge in [-0.15, -0.1) is 0 Å². The van der Waals surface area contributed by atoms with Crippen molar-refractivity contribution in [3.8, 4) is 6.07 Å². The largest absolute Gasteiger partial charge is 0.361 e. The molecule has 1 saturated heterocycles. The van der Waals surface area contributed by atoms with E-state index in [1.807, 2.05) is 17.9 Å². The van der Waals surface area contributed by atoms with E-state index in [4.69, 9.17) is 11.8 Å². The lowest BCUT2D eigenvalue weighted by Gasteiger charge is -2.40. The highest BCUT2D eigenvalue weighted by molar-refractivity contribution is 5.92. The second-order valence-corrected chi connectivity index (χ2v) is 6.51. The molecule has 0 N–H and O–H groups in total. The zero-order valence-electron chi connectivity index (χ0n) is 15.3. The number of aromatic nitrogens is 1. The smallest absolute Gasteiger partial charge is 0.246 e. The number of rotatable bonds is 3. The SMILES string of the molecule is [C-]#[N+]c1cc(F)cnc1N1CCN(C(=O)C=Cc2cccc(C#N)c2)[C@H](C)C1. The summed E-state index contributed by atoms with van der Waals surface area (Å²) < 4.78 is 13.3. The van der Waals surface area contributed by atoms with Crippen molar-refractivity contribution in [1.29, 1.82) is 5.26 Å². The Hall–Kier alpha value is -3.71. The van der Waals surface area contributed by atoms with Gasteiger partial charge in [-0.05, 0) is 36.8 Å². The van der Waals surface area contributed by atoms with Crippen LogP contribution in [-0.4, -0.2) is 41.5 Å². The first-order valence-corrected chi connectivity index (χ1v) is 8.78. The predicted octanol–water partition coefficient (Wildman–Crippen LogP) is 3.39. The van der Waals surface area contributed by atoms with Gasteiger partial charge in [0.25, 0.3) is 0 Å². The fraction of sp³-hybridized carbons (Fsp3) is 0.238. The van der Waals surface area contributed by atoms with E-state index in [1.54, 1.807) is 29.2 Å². The van der Waals surface area contributed by atoms with E-state index in [0.29, 0.717) is 31.0 Å². The molecule has 1 atom stereocenters. The second-order valence-electron chi connectivity index (χ2n) is 6.51. The van der Waals surface area contributed by atoms with E-state index in [2.05, 4.69) is 15.9 Å². The molecule has 6 nitrogen and oxygen atoms in total. The second kappa shape index (κ2) is 8.32. The molecule has 0 radical (unpaired) electrons. The summed E-state index contributed by atoms with van der Waals surface area (Å²) in [5.74, 6) is -0.214. The molecule has 1 aromatic heterocycles. The Morgan fingerprint density at radius 2 is 2.25 bits per heavy atom. The zero-order valence-corrected chi connectivity index (χ0v) is 15.3. The van der Waals surface area contributed by atoms with Gasteiger partial charge in [-0.2, -0.15) is 5.26 Å². The molecular weight excluding hydrogens is 357 g/mol. The summed E-state index contributed by atoms with van der Waals surface area (Å²) in [7, 11) is 0. The maximum Gasteiger partial charge on any atom is 0.246 e. The molecule has 3 rings (SSSR count). The Labute approximate surface area is 163 Å². The summed E-state index contributed by atoms with van der Waals surface area (Å²) >= 11 is 0. The molecule has 28 heavy (non-hydrogen) atoms. The third kappa shape index (κ3) is 4.16. The van der Waals surface area contributed by atoms with Crippen molar-refractivity contribution < 1.29 is 9.18 Å². The zero-order chi connectivity index (χ0) is 20.1. The molecular formula is C21H18FN5O. The van der Waals surface area contributed by atoms with Crippen molar-refractivity contribution in [2.45, 2.75) is 13.0 Å². The van der Waals surface area contributed by atoms with Gasteiger partial charge in [0.15, 0.2) is 0 Å². The van der Waals surface area contributed by atoms with Gasteiger partial charge < -0.3 is 9.80 Å². The lowest BCUT2D eigenvalue weighted by Crippen LogP contribution is -2.54. The van der Waals surface area contributed by atoms with Crippen molar-refractivity contribution in [3.63, 3.8) is 0 Å².